The molecule has 2 heterocycles. The summed E-state index contributed by atoms with van der Waals surface area (Å²) in [5.74, 6) is -15.4. The van der Waals surface area contributed by atoms with Crippen molar-refractivity contribution >= 4 is 72.4 Å². The molecule has 2 aliphatic rings. The van der Waals surface area contributed by atoms with E-state index in [0.29, 0.717) is 44.1 Å². The van der Waals surface area contributed by atoms with Crippen LogP contribution < -0.4 is 4.90 Å². The fourth-order valence-corrected chi connectivity index (χ4v) is 7.00. The average Bonchev–Trinajstić information content (AvgIpc) is 3.06. The molecule has 4 amide bonds. The second-order valence-electron chi connectivity index (χ2n) is 11.2. The van der Waals surface area contributed by atoms with Crippen LogP contribution >= 0.6 is 0 Å². The number of aliphatic hydroxyl groups excluding tert-OH is 1. The summed E-state index contributed by atoms with van der Waals surface area (Å²) in [5.41, 5.74) is -1.56. The number of rotatable bonds is 4. The molecule has 0 saturated heterocycles. The zero-order valence-electron chi connectivity index (χ0n) is 23.5. The smallest absolute Gasteiger partial charge is 0.266 e. The van der Waals surface area contributed by atoms with Crippen LogP contribution in [0.1, 0.15) is 54.8 Å². The van der Waals surface area contributed by atoms with Gasteiger partial charge in [-0.15, -0.1) is 0 Å². The van der Waals surface area contributed by atoms with Crippen LogP contribution in [0.25, 0.3) is 43.1 Å². The first-order valence-corrected chi connectivity index (χ1v) is 14.1. The first-order chi connectivity index (χ1) is 22.0. The van der Waals surface area contributed by atoms with Crippen LogP contribution in [0.5, 0.6) is 0 Å². The van der Waals surface area contributed by atoms with E-state index >= 15 is 0 Å². The lowest BCUT2D eigenvalue weighted by Gasteiger charge is -2.33. The van der Waals surface area contributed by atoms with Gasteiger partial charge in [0.1, 0.15) is 5.69 Å². The van der Waals surface area contributed by atoms with Crippen molar-refractivity contribution in [1.29, 1.82) is 0 Å². The van der Waals surface area contributed by atoms with Gasteiger partial charge in [-0.25, -0.2) is 26.9 Å². The van der Waals surface area contributed by atoms with Crippen molar-refractivity contribution in [3.63, 3.8) is 0 Å². The van der Waals surface area contributed by atoms with Gasteiger partial charge in [0, 0.05) is 33.0 Å². The lowest BCUT2D eigenvalue weighted by atomic mass is 9.82. The summed E-state index contributed by atoms with van der Waals surface area (Å²) in [5, 5.41) is 13.6. The SMILES string of the molecule is CCC(CO)N1C(=O)c2ccc3c4ccc5c6c(ccc(c7ccc(c2c37)C1=O)c64)C(=O)N(c1c(F)c(F)c(F)c(F)c1F)C5=O. The molecule has 12 heteroatoms. The summed E-state index contributed by atoms with van der Waals surface area (Å²) in [6, 6.07) is 11.4. The minimum atomic E-state index is -2.43. The van der Waals surface area contributed by atoms with Gasteiger partial charge in [-0.1, -0.05) is 31.2 Å². The fourth-order valence-electron chi connectivity index (χ4n) is 7.00. The van der Waals surface area contributed by atoms with E-state index in [0.717, 1.165) is 4.90 Å². The Bertz CT molecular complexity index is 2310. The molecule has 8 rings (SSSR count). The summed E-state index contributed by atoms with van der Waals surface area (Å²) >= 11 is 0. The molecule has 7 nitrogen and oxygen atoms in total. The van der Waals surface area contributed by atoms with Crippen molar-refractivity contribution in [3.05, 3.63) is 99.9 Å². The summed E-state index contributed by atoms with van der Waals surface area (Å²) in [7, 11) is 0. The number of nitrogens with zero attached hydrogens (tertiary/aromatic N) is 2. The molecule has 0 saturated carbocycles. The summed E-state index contributed by atoms with van der Waals surface area (Å²) in [6.45, 7) is 1.35. The number of carbonyl (C=O) groups is 4. The largest absolute Gasteiger partial charge is 0.394 e. The molecule has 0 fully saturated rings. The van der Waals surface area contributed by atoms with Gasteiger partial charge >= 0.3 is 0 Å². The Hall–Kier alpha value is -5.49. The van der Waals surface area contributed by atoms with Crippen LogP contribution in [0, 0.1) is 29.1 Å². The third kappa shape index (κ3) is 3.18. The Labute approximate surface area is 254 Å². The lowest BCUT2D eigenvalue weighted by molar-refractivity contribution is 0.0465. The van der Waals surface area contributed by atoms with Crippen LogP contribution in [-0.4, -0.2) is 46.3 Å². The number of hydrogen-bond donors (Lipinski definition) is 1. The van der Waals surface area contributed by atoms with Crippen molar-refractivity contribution in [3.8, 4) is 0 Å². The van der Waals surface area contributed by atoms with E-state index in [4.69, 9.17) is 0 Å². The van der Waals surface area contributed by atoms with Crippen molar-refractivity contribution < 1.29 is 46.2 Å². The molecule has 1 N–H and O–H groups in total. The first kappa shape index (κ1) is 28.0. The number of aliphatic hydroxyl groups is 1. The number of anilines is 1. The molecule has 228 valence electrons. The minimum absolute atomic E-state index is 0.0450. The molecule has 0 aromatic heterocycles. The van der Waals surface area contributed by atoms with Crippen LogP contribution in [0.15, 0.2) is 48.5 Å². The standard InChI is InChI=1S/C34H17F5N2O5/c1-2-12(11-42)40-31(43)17-7-3-13-15-5-9-19-24-20(10-6-16(22(15)24)14-4-8-18(32(40)44)23(17)21(13)14)34(46)41(33(19)45)30-28(38)26(36)25(35)27(37)29(30)39/h3-10,12,42H,2,11H2,1H3. The van der Waals surface area contributed by atoms with Gasteiger partial charge in [0.15, 0.2) is 23.3 Å². The zero-order chi connectivity index (χ0) is 32.5. The van der Waals surface area contributed by atoms with Gasteiger partial charge in [0.05, 0.1) is 12.6 Å². The molecule has 6 aromatic carbocycles. The number of benzene rings is 6. The van der Waals surface area contributed by atoms with Crippen LogP contribution in [0.2, 0.25) is 0 Å². The Morgan fingerprint density at radius 2 is 0.891 bits per heavy atom. The number of fused-ring (bicyclic) bond motifs is 2. The highest BCUT2D eigenvalue weighted by Crippen LogP contribution is 2.47. The van der Waals surface area contributed by atoms with E-state index in [1.807, 2.05) is 0 Å². The van der Waals surface area contributed by atoms with Gasteiger partial charge in [0.2, 0.25) is 5.82 Å². The molecular formula is C34H17F5N2O5. The summed E-state index contributed by atoms with van der Waals surface area (Å²) in [4.78, 5) is 55.6. The second-order valence-corrected chi connectivity index (χ2v) is 11.2. The van der Waals surface area contributed by atoms with Crippen molar-refractivity contribution in [1.82, 2.24) is 4.90 Å². The van der Waals surface area contributed by atoms with Crippen molar-refractivity contribution in [2.45, 2.75) is 19.4 Å². The number of hydrogen-bond acceptors (Lipinski definition) is 5. The number of imide groups is 2. The predicted octanol–water partition coefficient (Wildman–Crippen LogP) is 6.60. The molecule has 0 radical (unpaired) electrons. The zero-order valence-corrected chi connectivity index (χ0v) is 23.5. The van der Waals surface area contributed by atoms with Crippen molar-refractivity contribution in [2.75, 3.05) is 11.5 Å². The average molecular weight is 629 g/mol. The Morgan fingerprint density at radius 1 is 0.543 bits per heavy atom. The quantitative estimate of drug-likeness (QED) is 0.0593. The van der Waals surface area contributed by atoms with E-state index in [9.17, 15) is 46.2 Å². The number of carbonyl (C=O) groups excluding carboxylic acids is 4. The van der Waals surface area contributed by atoms with Crippen molar-refractivity contribution in [2.24, 2.45) is 0 Å². The Kier molecular flexibility index (Phi) is 5.64. The highest BCUT2D eigenvalue weighted by molar-refractivity contribution is 6.43. The van der Waals surface area contributed by atoms with Crippen LogP contribution in [-0.2, 0) is 0 Å². The van der Waals surface area contributed by atoms with Gasteiger partial charge in [-0.05, 0) is 63.0 Å². The molecule has 1 unspecified atom stereocenters. The van der Waals surface area contributed by atoms with E-state index in [-0.39, 0.29) is 32.5 Å². The molecule has 0 aliphatic carbocycles. The lowest BCUT2D eigenvalue weighted by Crippen LogP contribution is -2.48. The fraction of sp³-hybridized carbons (Fsp3) is 0.118. The molecular weight excluding hydrogens is 611 g/mol. The van der Waals surface area contributed by atoms with E-state index in [1.165, 1.54) is 24.3 Å². The normalized spacial score (nSPS) is 15.5. The van der Waals surface area contributed by atoms with Crippen LogP contribution in [0.3, 0.4) is 0 Å². The van der Waals surface area contributed by atoms with Gasteiger partial charge < -0.3 is 5.11 Å². The predicted molar refractivity (Wildman–Crippen MR) is 157 cm³/mol. The third-order valence-corrected chi connectivity index (χ3v) is 9.12. The topological polar surface area (TPSA) is 95.0 Å². The maximum Gasteiger partial charge on any atom is 0.266 e. The van der Waals surface area contributed by atoms with Gasteiger partial charge in [-0.2, -0.15) is 0 Å². The van der Waals surface area contributed by atoms with E-state index in [1.54, 1.807) is 31.2 Å². The highest BCUT2D eigenvalue weighted by Gasteiger charge is 2.42. The number of halogens is 5. The molecule has 1 atom stereocenters. The monoisotopic (exact) mass is 628 g/mol. The van der Waals surface area contributed by atoms with Gasteiger partial charge in [0.25, 0.3) is 23.6 Å². The Balaban J connectivity index is 1.41. The molecule has 46 heavy (non-hydrogen) atoms. The molecule has 0 spiro atoms. The number of amides is 4. The van der Waals surface area contributed by atoms with Gasteiger partial charge in [-0.3, -0.25) is 24.1 Å². The minimum Gasteiger partial charge on any atom is -0.394 e. The highest BCUT2D eigenvalue weighted by atomic mass is 19.2. The molecule has 6 aromatic rings. The molecule has 0 bridgehead atoms. The maximum absolute atomic E-state index is 14.8. The Morgan fingerprint density at radius 3 is 1.24 bits per heavy atom. The second kappa shape index (κ2) is 9.27. The maximum atomic E-state index is 14.8. The first-order valence-electron chi connectivity index (χ1n) is 14.1. The third-order valence-electron chi connectivity index (χ3n) is 9.12. The van der Waals surface area contributed by atoms with E-state index < -0.39 is 71.1 Å². The summed E-state index contributed by atoms with van der Waals surface area (Å²) in [6.07, 6.45) is 0.349. The van der Waals surface area contributed by atoms with E-state index in [2.05, 4.69) is 0 Å². The molecule has 2 aliphatic heterocycles. The summed E-state index contributed by atoms with van der Waals surface area (Å²) < 4.78 is 71.6. The van der Waals surface area contributed by atoms with Crippen LogP contribution in [0.4, 0.5) is 27.6 Å².